The lowest BCUT2D eigenvalue weighted by molar-refractivity contribution is 0.0948. The number of piperidine rings is 1. The van der Waals surface area contributed by atoms with Gasteiger partial charge in [0.25, 0.3) is 5.91 Å². The molecule has 0 aromatic heterocycles. The van der Waals surface area contributed by atoms with Crippen molar-refractivity contribution >= 4 is 11.6 Å². The van der Waals surface area contributed by atoms with Crippen LogP contribution in [0.5, 0.6) is 0 Å². The number of benzene rings is 1. The van der Waals surface area contributed by atoms with E-state index in [-0.39, 0.29) is 24.0 Å². The summed E-state index contributed by atoms with van der Waals surface area (Å²) in [6, 6.07) is 7.66. The van der Waals surface area contributed by atoms with Crippen LogP contribution in [0.15, 0.2) is 24.3 Å². The van der Waals surface area contributed by atoms with E-state index in [2.05, 4.69) is 10.2 Å². The second kappa shape index (κ2) is 8.49. The SMILES string of the molecule is CC(C)(CO)CCCNC(=O)c1ccc(N2CCC(O)CC2)cc1. The second-order valence-electron chi connectivity index (χ2n) is 7.45. The van der Waals surface area contributed by atoms with Crippen molar-refractivity contribution in [1.82, 2.24) is 5.32 Å². The van der Waals surface area contributed by atoms with Gasteiger partial charge in [-0.25, -0.2) is 0 Å². The summed E-state index contributed by atoms with van der Waals surface area (Å²) in [5.41, 5.74) is 1.68. The largest absolute Gasteiger partial charge is 0.396 e. The average Bonchev–Trinajstić information content (AvgIpc) is 2.59. The van der Waals surface area contributed by atoms with Crippen molar-refractivity contribution in [3.8, 4) is 0 Å². The summed E-state index contributed by atoms with van der Waals surface area (Å²) in [4.78, 5) is 14.4. The van der Waals surface area contributed by atoms with Gasteiger partial charge < -0.3 is 20.4 Å². The highest BCUT2D eigenvalue weighted by Crippen LogP contribution is 2.21. The predicted octanol–water partition coefficient (Wildman–Crippen LogP) is 2.18. The molecule has 24 heavy (non-hydrogen) atoms. The first kappa shape index (κ1) is 18.7. The number of carbonyl (C=O) groups excluding carboxylic acids is 1. The average molecular weight is 334 g/mol. The van der Waals surface area contributed by atoms with Gasteiger partial charge in [0.05, 0.1) is 6.10 Å². The third-order valence-electron chi connectivity index (χ3n) is 4.70. The number of aliphatic hydroxyl groups excluding tert-OH is 2. The molecule has 1 aromatic carbocycles. The van der Waals surface area contributed by atoms with Crippen LogP contribution < -0.4 is 10.2 Å². The fraction of sp³-hybridized carbons (Fsp3) is 0.632. The number of anilines is 1. The van der Waals surface area contributed by atoms with Gasteiger partial charge in [-0.1, -0.05) is 13.8 Å². The van der Waals surface area contributed by atoms with Gasteiger partial charge >= 0.3 is 0 Å². The molecule has 0 spiro atoms. The lowest BCUT2D eigenvalue weighted by Gasteiger charge is -2.31. The van der Waals surface area contributed by atoms with Crippen molar-refractivity contribution in [3.05, 3.63) is 29.8 Å². The Morgan fingerprint density at radius 2 is 1.88 bits per heavy atom. The van der Waals surface area contributed by atoms with Gasteiger partial charge in [-0.15, -0.1) is 0 Å². The molecule has 0 radical (unpaired) electrons. The lowest BCUT2D eigenvalue weighted by Crippen LogP contribution is -2.35. The third-order valence-corrected chi connectivity index (χ3v) is 4.70. The number of aliphatic hydroxyl groups is 2. The molecular weight excluding hydrogens is 304 g/mol. The summed E-state index contributed by atoms with van der Waals surface area (Å²) in [6.45, 7) is 6.53. The van der Waals surface area contributed by atoms with Crippen LogP contribution in [0.2, 0.25) is 0 Å². The molecule has 0 atom stereocenters. The number of hydrogen-bond donors (Lipinski definition) is 3. The van der Waals surface area contributed by atoms with E-state index in [0.29, 0.717) is 12.1 Å². The summed E-state index contributed by atoms with van der Waals surface area (Å²) >= 11 is 0. The topological polar surface area (TPSA) is 72.8 Å². The fourth-order valence-electron chi connectivity index (χ4n) is 2.90. The Bertz CT molecular complexity index is 520. The first-order valence-electron chi connectivity index (χ1n) is 8.83. The minimum absolute atomic E-state index is 0.0579. The molecule has 2 rings (SSSR count). The Kier molecular flexibility index (Phi) is 6.63. The molecule has 1 aromatic rings. The lowest BCUT2D eigenvalue weighted by atomic mass is 9.89. The molecule has 134 valence electrons. The molecule has 1 aliphatic rings. The number of nitrogens with zero attached hydrogens (tertiary/aromatic N) is 1. The smallest absolute Gasteiger partial charge is 0.251 e. The Morgan fingerprint density at radius 3 is 2.46 bits per heavy atom. The maximum Gasteiger partial charge on any atom is 0.251 e. The van der Waals surface area contributed by atoms with Crippen LogP contribution in [0, 0.1) is 5.41 Å². The van der Waals surface area contributed by atoms with E-state index in [1.165, 1.54) is 0 Å². The zero-order valence-corrected chi connectivity index (χ0v) is 14.8. The molecule has 5 nitrogen and oxygen atoms in total. The summed E-state index contributed by atoms with van der Waals surface area (Å²) in [5, 5.41) is 21.7. The van der Waals surface area contributed by atoms with Crippen LogP contribution in [0.3, 0.4) is 0 Å². The quantitative estimate of drug-likeness (QED) is 0.668. The van der Waals surface area contributed by atoms with Crippen molar-refractivity contribution in [2.24, 2.45) is 5.41 Å². The maximum atomic E-state index is 12.2. The summed E-state index contributed by atoms with van der Waals surface area (Å²) in [7, 11) is 0. The van der Waals surface area contributed by atoms with E-state index in [9.17, 15) is 15.0 Å². The first-order valence-corrected chi connectivity index (χ1v) is 8.83. The van der Waals surface area contributed by atoms with Gasteiger partial charge in [0.1, 0.15) is 0 Å². The van der Waals surface area contributed by atoms with Gasteiger partial charge in [0, 0.05) is 37.5 Å². The summed E-state index contributed by atoms with van der Waals surface area (Å²) < 4.78 is 0. The second-order valence-corrected chi connectivity index (χ2v) is 7.45. The van der Waals surface area contributed by atoms with Crippen molar-refractivity contribution < 1.29 is 15.0 Å². The standard InChI is InChI=1S/C19H30N2O3/c1-19(2,14-22)10-3-11-20-18(24)15-4-6-16(7-5-15)21-12-8-17(23)9-13-21/h4-7,17,22-23H,3,8-14H2,1-2H3,(H,20,24). The molecule has 3 N–H and O–H groups in total. The van der Waals surface area contributed by atoms with Crippen LogP contribution in [0.4, 0.5) is 5.69 Å². The zero-order chi connectivity index (χ0) is 17.6. The van der Waals surface area contributed by atoms with Crippen molar-refractivity contribution in [2.45, 2.75) is 45.6 Å². The Morgan fingerprint density at radius 1 is 1.25 bits per heavy atom. The molecule has 1 fully saturated rings. The van der Waals surface area contributed by atoms with Crippen LogP contribution in [-0.4, -0.2) is 48.5 Å². The first-order chi connectivity index (χ1) is 11.4. The molecule has 0 saturated carbocycles. The van der Waals surface area contributed by atoms with Gasteiger partial charge in [-0.3, -0.25) is 4.79 Å². The van der Waals surface area contributed by atoms with E-state index < -0.39 is 0 Å². The highest BCUT2D eigenvalue weighted by atomic mass is 16.3. The van der Waals surface area contributed by atoms with Crippen LogP contribution in [-0.2, 0) is 0 Å². The van der Waals surface area contributed by atoms with Crippen molar-refractivity contribution in [2.75, 3.05) is 31.1 Å². The Labute approximate surface area is 144 Å². The molecule has 1 heterocycles. The van der Waals surface area contributed by atoms with E-state index in [4.69, 9.17) is 0 Å². The number of nitrogens with one attached hydrogen (secondary N) is 1. The summed E-state index contributed by atoms with van der Waals surface area (Å²) in [6.07, 6.45) is 3.15. The number of amides is 1. The van der Waals surface area contributed by atoms with Crippen molar-refractivity contribution in [1.29, 1.82) is 0 Å². The normalized spacial score (nSPS) is 16.2. The molecule has 0 bridgehead atoms. The van der Waals surface area contributed by atoms with Gasteiger partial charge in [-0.2, -0.15) is 0 Å². The van der Waals surface area contributed by atoms with Gasteiger partial charge in [0.2, 0.25) is 0 Å². The third kappa shape index (κ3) is 5.49. The van der Waals surface area contributed by atoms with Gasteiger partial charge in [0.15, 0.2) is 0 Å². The van der Waals surface area contributed by atoms with Crippen LogP contribution in [0.1, 0.15) is 49.9 Å². The van der Waals surface area contributed by atoms with Crippen LogP contribution >= 0.6 is 0 Å². The molecular formula is C19H30N2O3. The molecule has 1 saturated heterocycles. The van der Waals surface area contributed by atoms with E-state index in [0.717, 1.165) is 44.5 Å². The minimum atomic E-state index is -0.179. The Balaban J connectivity index is 1.79. The number of rotatable bonds is 7. The van der Waals surface area contributed by atoms with Crippen molar-refractivity contribution in [3.63, 3.8) is 0 Å². The van der Waals surface area contributed by atoms with Crippen LogP contribution in [0.25, 0.3) is 0 Å². The highest BCUT2D eigenvalue weighted by Gasteiger charge is 2.18. The molecule has 0 aliphatic carbocycles. The zero-order valence-electron chi connectivity index (χ0n) is 14.8. The highest BCUT2D eigenvalue weighted by molar-refractivity contribution is 5.94. The monoisotopic (exact) mass is 334 g/mol. The fourth-order valence-corrected chi connectivity index (χ4v) is 2.90. The predicted molar refractivity (Wildman–Crippen MR) is 96.3 cm³/mol. The van der Waals surface area contributed by atoms with E-state index in [1.807, 2.05) is 38.1 Å². The maximum absolute atomic E-state index is 12.2. The Hall–Kier alpha value is -1.59. The van der Waals surface area contributed by atoms with Gasteiger partial charge in [-0.05, 0) is 55.4 Å². The number of carbonyl (C=O) groups is 1. The molecule has 1 amide bonds. The van der Waals surface area contributed by atoms with E-state index >= 15 is 0 Å². The number of hydrogen-bond acceptors (Lipinski definition) is 4. The molecule has 5 heteroatoms. The minimum Gasteiger partial charge on any atom is -0.396 e. The van der Waals surface area contributed by atoms with E-state index in [1.54, 1.807) is 0 Å². The molecule has 1 aliphatic heterocycles. The summed E-state index contributed by atoms with van der Waals surface area (Å²) in [5.74, 6) is -0.0579. The molecule has 0 unspecified atom stereocenters.